The summed E-state index contributed by atoms with van der Waals surface area (Å²) in [5.74, 6) is -1.29. The van der Waals surface area contributed by atoms with Gasteiger partial charge in [-0.3, -0.25) is 5.43 Å². The quantitative estimate of drug-likeness (QED) is 0.397. The van der Waals surface area contributed by atoms with Crippen molar-refractivity contribution in [2.24, 2.45) is 5.92 Å². The number of carbonyl (C=O) groups is 3. The Bertz CT molecular complexity index is 812. The van der Waals surface area contributed by atoms with E-state index in [0.717, 1.165) is 11.3 Å². The number of amides is 1. The van der Waals surface area contributed by atoms with Gasteiger partial charge in [0.25, 0.3) is 0 Å². The molecule has 0 aromatic carbocycles. The van der Waals surface area contributed by atoms with Crippen LogP contribution in [0.25, 0.3) is 0 Å². The second-order valence-electron chi connectivity index (χ2n) is 7.36. The zero-order chi connectivity index (χ0) is 21.7. The number of carboxylic acid groups (broad SMARTS) is 1. The van der Waals surface area contributed by atoms with E-state index >= 15 is 0 Å². The van der Waals surface area contributed by atoms with Crippen LogP contribution in [0.1, 0.15) is 51.4 Å². The van der Waals surface area contributed by atoms with E-state index in [1.807, 2.05) is 0 Å². The van der Waals surface area contributed by atoms with Crippen LogP contribution in [-0.2, 0) is 19.7 Å². The number of thiophene rings is 1. The Kier molecular flexibility index (Phi) is 7.96. The van der Waals surface area contributed by atoms with E-state index in [1.165, 1.54) is 10.8 Å². The van der Waals surface area contributed by atoms with Gasteiger partial charge >= 0.3 is 22.3 Å². The van der Waals surface area contributed by atoms with Gasteiger partial charge in [0.15, 0.2) is 0 Å². The smallest absolute Gasteiger partial charge is 0.444 e. The van der Waals surface area contributed by atoms with Crippen molar-refractivity contribution in [2.45, 2.75) is 52.7 Å². The number of nitrogens with zero attached hydrogens (tertiary/aromatic N) is 1. The van der Waals surface area contributed by atoms with Gasteiger partial charge in [0, 0.05) is 10.8 Å². The molecule has 0 aliphatic carbocycles. The van der Waals surface area contributed by atoms with Crippen molar-refractivity contribution in [3.05, 3.63) is 16.3 Å². The number of aromatic carboxylic acids is 1. The van der Waals surface area contributed by atoms with Crippen molar-refractivity contribution in [2.75, 3.05) is 5.43 Å². The van der Waals surface area contributed by atoms with Gasteiger partial charge in [-0.25, -0.2) is 9.59 Å². The topological polar surface area (TPSA) is 142 Å². The highest BCUT2D eigenvalue weighted by molar-refractivity contribution is 7.87. The fourth-order valence-electron chi connectivity index (χ4n) is 2.05. The highest BCUT2D eigenvalue weighted by Crippen LogP contribution is 2.23. The molecule has 12 heteroatoms. The molecule has 158 valence electrons. The van der Waals surface area contributed by atoms with Crippen LogP contribution in [0.15, 0.2) is 10.8 Å². The van der Waals surface area contributed by atoms with Crippen molar-refractivity contribution >= 4 is 45.6 Å². The van der Waals surface area contributed by atoms with Crippen molar-refractivity contribution < 1.29 is 32.6 Å². The summed E-state index contributed by atoms with van der Waals surface area (Å²) in [5.41, 5.74) is 0.931. The number of aldehydes is 1. The van der Waals surface area contributed by atoms with E-state index in [9.17, 15) is 27.9 Å². The van der Waals surface area contributed by atoms with Crippen LogP contribution in [0.5, 0.6) is 0 Å². The highest BCUT2D eigenvalue weighted by atomic mass is 32.2. The van der Waals surface area contributed by atoms with Crippen LogP contribution < -0.4 is 10.1 Å². The first-order valence-electron chi connectivity index (χ1n) is 8.34. The summed E-state index contributed by atoms with van der Waals surface area (Å²) in [5, 5.41) is 11.8. The number of carbonyl (C=O) groups excluding carboxylic acids is 2. The molecule has 1 rings (SSSR count). The standard InChI is InChI=1S/C16H25N3O7S2/c1-10(2)6-11(7-20)18-28(24,25)19(15(23)26-16(3,4)5)17-13-9-27-8-12(13)14(21)22/h7-11,17-18H,6H2,1-5H3,(H,21,22)/t11-/m0/s1. The van der Waals surface area contributed by atoms with Crippen LogP contribution in [-0.4, -0.2) is 47.9 Å². The summed E-state index contributed by atoms with van der Waals surface area (Å²) in [6.07, 6.45) is -0.640. The first-order valence-corrected chi connectivity index (χ1v) is 10.7. The zero-order valence-electron chi connectivity index (χ0n) is 16.3. The molecule has 0 unspecified atom stereocenters. The minimum Gasteiger partial charge on any atom is -0.478 e. The van der Waals surface area contributed by atoms with E-state index in [-0.39, 0.29) is 28.0 Å². The molecule has 1 heterocycles. The van der Waals surface area contributed by atoms with Gasteiger partial charge in [0.2, 0.25) is 0 Å². The molecule has 1 amide bonds. The van der Waals surface area contributed by atoms with Crippen LogP contribution >= 0.6 is 11.3 Å². The predicted octanol–water partition coefficient (Wildman–Crippen LogP) is 2.46. The van der Waals surface area contributed by atoms with E-state index in [1.54, 1.807) is 34.6 Å². The Balaban J connectivity index is 3.25. The minimum absolute atomic E-state index is 0.0105. The molecule has 1 aromatic rings. The number of anilines is 1. The Hall–Kier alpha value is -2.18. The number of nitrogens with one attached hydrogen (secondary N) is 2. The van der Waals surface area contributed by atoms with E-state index in [0.29, 0.717) is 6.29 Å². The molecule has 10 nitrogen and oxygen atoms in total. The monoisotopic (exact) mass is 435 g/mol. The van der Waals surface area contributed by atoms with E-state index in [2.05, 4.69) is 10.1 Å². The molecule has 3 N–H and O–H groups in total. The number of hydrogen-bond donors (Lipinski definition) is 3. The molecule has 0 bridgehead atoms. The Morgan fingerprint density at radius 1 is 1.32 bits per heavy atom. The van der Waals surface area contributed by atoms with Crippen LogP contribution in [0.3, 0.4) is 0 Å². The zero-order valence-corrected chi connectivity index (χ0v) is 17.9. The van der Waals surface area contributed by atoms with Gasteiger partial charge in [0.1, 0.15) is 11.9 Å². The summed E-state index contributed by atoms with van der Waals surface area (Å²) < 4.78 is 32.9. The molecular formula is C16H25N3O7S2. The van der Waals surface area contributed by atoms with Crippen LogP contribution in [0.2, 0.25) is 0 Å². The van der Waals surface area contributed by atoms with Crippen LogP contribution in [0, 0.1) is 5.92 Å². The third-order valence-corrected chi connectivity index (χ3v) is 5.17. The summed E-state index contributed by atoms with van der Waals surface area (Å²) in [4.78, 5) is 35.0. The van der Waals surface area contributed by atoms with Gasteiger partial charge < -0.3 is 14.6 Å². The number of hydrazine groups is 1. The van der Waals surface area contributed by atoms with Crippen molar-refractivity contribution in [3.8, 4) is 0 Å². The normalized spacial score (nSPS) is 13.1. The second kappa shape index (κ2) is 9.34. The molecule has 0 saturated heterocycles. The third-order valence-electron chi connectivity index (χ3n) is 3.10. The molecule has 0 aliphatic heterocycles. The minimum atomic E-state index is -4.59. The Morgan fingerprint density at radius 3 is 2.39 bits per heavy atom. The predicted molar refractivity (Wildman–Crippen MR) is 104 cm³/mol. The SMILES string of the molecule is CC(C)C[C@@H](C=O)NS(=O)(=O)N(Nc1cscc1C(=O)O)C(=O)OC(C)(C)C. The molecular weight excluding hydrogens is 410 g/mol. The highest BCUT2D eigenvalue weighted by Gasteiger charge is 2.35. The lowest BCUT2D eigenvalue weighted by atomic mass is 10.1. The van der Waals surface area contributed by atoms with E-state index in [4.69, 9.17) is 4.74 Å². The number of hydrogen-bond acceptors (Lipinski definition) is 8. The van der Waals surface area contributed by atoms with Gasteiger partial charge in [0.05, 0.1) is 17.3 Å². The maximum Gasteiger partial charge on any atom is 0.444 e. The van der Waals surface area contributed by atoms with Gasteiger partial charge in [-0.05, 0) is 33.1 Å². The van der Waals surface area contributed by atoms with Gasteiger partial charge in [-0.1, -0.05) is 18.3 Å². The summed E-state index contributed by atoms with van der Waals surface area (Å²) in [6, 6.07) is -1.07. The molecule has 1 atom stereocenters. The lowest BCUT2D eigenvalue weighted by molar-refractivity contribution is -0.109. The number of carboxylic acids is 1. The average Bonchev–Trinajstić information content (AvgIpc) is 2.97. The maximum atomic E-state index is 12.8. The Morgan fingerprint density at radius 2 is 1.93 bits per heavy atom. The molecule has 0 spiro atoms. The summed E-state index contributed by atoms with van der Waals surface area (Å²) in [6.45, 7) is 8.24. The molecule has 0 saturated carbocycles. The third kappa shape index (κ3) is 7.09. The van der Waals surface area contributed by atoms with Gasteiger partial charge in [-0.2, -0.15) is 13.1 Å². The summed E-state index contributed by atoms with van der Waals surface area (Å²) in [7, 11) is -4.59. The van der Waals surface area contributed by atoms with Gasteiger partial charge in [-0.15, -0.1) is 11.3 Å². The lowest BCUT2D eigenvalue weighted by Crippen LogP contribution is -2.52. The van der Waals surface area contributed by atoms with Crippen molar-refractivity contribution in [1.29, 1.82) is 0 Å². The van der Waals surface area contributed by atoms with Crippen molar-refractivity contribution in [3.63, 3.8) is 0 Å². The van der Waals surface area contributed by atoms with Crippen molar-refractivity contribution in [1.82, 2.24) is 9.14 Å². The first kappa shape index (κ1) is 23.9. The summed E-state index contributed by atoms with van der Waals surface area (Å²) >= 11 is 1.01. The number of rotatable bonds is 9. The molecule has 0 radical (unpaired) electrons. The molecule has 1 aromatic heterocycles. The van der Waals surface area contributed by atoms with Crippen LogP contribution in [0.4, 0.5) is 10.5 Å². The number of ether oxygens (including phenoxy) is 1. The molecule has 0 aliphatic rings. The van der Waals surface area contributed by atoms with E-state index < -0.39 is 33.9 Å². The molecule has 0 fully saturated rings. The molecule has 28 heavy (non-hydrogen) atoms. The second-order valence-corrected chi connectivity index (χ2v) is 9.65. The average molecular weight is 436 g/mol. The largest absolute Gasteiger partial charge is 0.478 e. The fraction of sp³-hybridized carbons (Fsp3) is 0.562. The first-order chi connectivity index (χ1) is 12.8. The fourth-order valence-corrected chi connectivity index (χ4v) is 3.89. The Labute approximate surface area is 168 Å². The maximum absolute atomic E-state index is 12.8. The lowest BCUT2D eigenvalue weighted by Gasteiger charge is -2.28.